The summed E-state index contributed by atoms with van der Waals surface area (Å²) < 4.78 is 54.1. The highest BCUT2D eigenvalue weighted by Crippen LogP contribution is 2.27. The highest BCUT2D eigenvalue weighted by atomic mass is 19.3. The second kappa shape index (κ2) is 7.16. The van der Waals surface area contributed by atoms with Crippen LogP contribution < -0.4 is 10.1 Å². The quantitative estimate of drug-likeness (QED) is 0.842. The molecule has 0 aliphatic carbocycles. The molecular weight excluding hydrogens is 316 g/mol. The normalized spacial score (nSPS) is 17.3. The molecule has 2 rings (SSSR count). The SMILES string of the molecule is CN1CCC(NC(=O)c2cccc(OC(F)(F)C(F)F)c2)CC1. The Balaban J connectivity index is 2.00. The lowest BCUT2D eigenvalue weighted by Crippen LogP contribution is -2.43. The maximum atomic E-state index is 12.9. The van der Waals surface area contributed by atoms with Crippen LogP contribution in [0.4, 0.5) is 17.6 Å². The second-order valence-corrected chi connectivity index (χ2v) is 5.54. The van der Waals surface area contributed by atoms with Gasteiger partial charge in [-0.2, -0.15) is 17.6 Å². The molecule has 1 saturated heterocycles. The molecule has 1 aliphatic rings. The summed E-state index contributed by atoms with van der Waals surface area (Å²) in [5, 5.41) is 2.81. The molecule has 1 aromatic rings. The van der Waals surface area contributed by atoms with E-state index in [1.165, 1.54) is 12.1 Å². The van der Waals surface area contributed by atoms with Gasteiger partial charge in [0.15, 0.2) is 0 Å². The third-order valence-corrected chi connectivity index (χ3v) is 3.66. The Morgan fingerprint density at radius 1 is 1.35 bits per heavy atom. The fourth-order valence-electron chi connectivity index (χ4n) is 2.32. The number of benzene rings is 1. The number of nitrogens with zero attached hydrogens (tertiary/aromatic N) is 1. The van der Waals surface area contributed by atoms with E-state index in [4.69, 9.17) is 0 Å². The van der Waals surface area contributed by atoms with Crippen LogP contribution in [0, 0.1) is 0 Å². The molecule has 1 amide bonds. The lowest BCUT2D eigenvalue weighted by atomic mass is 10.0. The maximum Gasteiger partial charge on any atom is 0.461 e. The Kier molecular flexibility index (Phi) is 5.46. The minimum Gasteiger partial charge on any atom is -0.428 e. The molecular formula is C15H18F4N2O2. The van der Waals surface area contributed by atoms with Crippen LogP contribution in [0.15, 0.2) is 24.3 Å². The Morgan fingerprint density at radius 3 is 2.61 bits per heavy atom. The number of hydrogen-bond acceptors (Lipinski definition) is 3. The molecule has 1 N–H and O–H groups in total. The molecule has 8 heteroatoms. The van der Waals surface area contributed by atoms with E-state index < -0.39 is 24.2 Å². The van der Waals surface area contributed by atoms with E-state index in [1.54, 1.807) is 0 Å². The topological polar surface area (TPSA) is 41.6 Å². The van der Waals surface area contributed by atoms with Crippen molar-refractivity contribution in [1.29, 1.82) is 0 Å². The van der Waals surface area contributed by atoms with Gasteiger partial charge in [-0.25, -0.2) is 0 Å². The molecule has 0 radical (unpaired) electrons. The Bertz CT molecular complexity index is 546. The van der Waals surface area contributed by atoms with Crippen LogP contribution in [0.1, 0.15) is 23.2 Å². The fraction of sp³-hybridized carbons (Fsp3) is 0.533. The average Bonchev–Trinajstić information content (AvgIpc) is 2.49. The number of ether oxygens (including phenoxy) is 1. The van der Waals surface area contributed by atoms with Crippen molar-refractivity contribution in [1.82, 2.24) is 10.2 Å². The molecule has 0 bridgehead atoms. The zero-order valence-corrected chi connectivity index (χ0v) is 12.6. The third-order valence-electron chi connectivity index (χ3n) is 3.66. The summed E-state index contributed by atoms with van der Waals surface area (Å²) in [5.74, 6) is -0.920. The molecule has 0 aromatic heterocycles. The van der Waals surface area contributed by atoms with Gasteiger partial charge < -0.3 is 15.0 Å². The summed E-state index contributed by atoms with van der Waals surface area (Å²) in [6.07, 6.45) is -6.95. The van der Waals surface area contributed by atoms with Crippen molar-refractivity contribution in [3.05, 3.63) is 29.8 Å². The number of piperidine rings is 1. The number of amides is 1. The lowest BCUT2D eigenvalue weighted by molar-refractivity contribution is -0.253. The van der Waals surface area contributed by atoms with Gasteiger partial charge in [0.05, 0.1) is 0 Å². The van der Waals surface area contributed by atoms with Crippen LogP contribution in [-0.2, 0) is 0 Å². The minimum atomic E-state index is -4.59. The first-order valence-corrected chi connectivity index (χ1v) is 7.22. The van der Waals surface area contributed by atoms with Gasteiger partial charge in [-0.15, -0.1) is 0 Å². The number of rotatable bonds is 5. The third kappa shape index (κ3) is 4.82. The first-order chi connectivity index (χ1) is 10.8. The highest BCUT2D eigenvalue weighted by molar-refractivity contribution is 5.94. The van der Waals surface area contributed by atoms with E-state index in [2.05, 4.69) is 15.0 Å². The van der Waals surface area contributed by atoms with Gasteiger partial charge in [0, 0.05) is 11.6 Å². The van der Waals surface area contributed by atoms with Gasteiger partial charge in [-0.1, -0.05) is 6.07 Å². The smallest absolute Gasteiger partial charge is 0.428 e. The van der Waals surface area contributed by atoms with Gasteiger partial charge in [-0.3, -0.25) is 4.79 Å². The first-order valence-electron chi connectivity index (χ1n) is 7.22. The van der Waals surface area contributed by atoms with Gasteiger partial charge in [0.25, 0.3) is 5.91 Å². The van der Waals surface area contributed by atoms with Crippen LogP contribution in [0.3, 0.4) is 0 Å². The number of hydrogen-bond donors (Lipinski definition) is 1. The van der Waals surface area contributed by atoms with E-state index in [1.807, 2.05) is 7.05 Å². The molecule has 4 nitrogen and oxygen atoms in total. The number of nitrogens with one attached hydrogen (secondary N) is 1. The van der Waals surface area contributed by atoms with Gasteiger partial charge in [0.2, 0.25) is 0 Å². The van der Waals surface area contributed by atoms with E-state index in [-0.39, 0.29) is 11.6 Å². The van der Waals surface area contributed by atoms with E-state index >= 15 is 0 Å². The molecule has 0 spiro atoms. The predicted octanol–water partition coefficient (Wildman–Crippen LogP) is 2.75. The number of likely N-dealkylation sites (tertiary alicyclic amines) is 1. The lowest BCUT2D eigenvalue weighted by Gasteiger charge is -2.29. The standard InChI is InChI=1S/C15H18F4N2O2/c1-21-7-5-11(6-8-21)20-13(22)10-3-2-4-12(9-10)23-15(18,19)14(16)17/h2-4,9,11,14H,5-8H2,1H3,(H,20,22). The number of carbonyl (C=O) groups excluding carboxylic acids is 1. The molecule has 0 atom stereocenters. The van der Waals surface area contributed by atoms with Crippen LogP contribution in [0.25, 0.3) is 0 Å². The molecule has 128 valence electrons. The maximum absolute atomic E-state index is 12.9. The molecule has 0 unspecified atom stereocenters. The van der Waals surface area contributed by atoms with Crippen LogP contribution in [-0.4, -0.2) is 49.5 Å². The fourth-order valence-corrected chi connectivity index (χ4v) is 2.32. The van der Waals surface area contributed by atoms with E-state index in [0.29, 0.717) is 0 Å². The summed E-state index contributed by atoms with van der Waals surface area (Å²) in [6.45, 7) is 1.71. The zero-order valence-electron chi connectivity index (χ0n) is 12.6. The van der Waals surface area contributed by atoms with Crippen molar-refractivity contribution in [2.24, 2.45) is 0 Å². The summed E-state index contributed by atoms with van der Waals surface area (Å²) in [5.41, 5.74) is 0.0893. The Labute approximate surface area is 131 Å². The van der Waals surface area contributed by atoms with E-state index in [9.17, 15) is 22.4 Å². The molecule has 23 heavy (non-hydrogen) atoms. The largest absolute Gasteiger partial charge is 0.461 e. The summed E-state index contributed by atoms with van der Waals surface area (Å²) in [6, 6.07) is 4.85. The first kappa shape index (κ1) is 17.5. The van der Waals surface area contributed by atoms with Crippen molar-refractivity contribution in [2.75, 3.05) is 20.1 Å². The Morgan fingerprint density at radius 2 is 2.00 bits per heavy atom. The van der Waals surface area contributed by atoms with Crippen LogP contribution in [0.2, 0.25) is 0 Å². The van der Waals surface area contributed by atoms with Crippen LogP contribution in [0.5, 0.6) is 5.75 Å². The average molecular weight is 334 g/mol. The summed E-state index contributed by atoms with van der Waals surface area (Å²) in [7, 11) is 1.99. The predicted molar refractivity (Wildman–Crippen MR) is 76.0 cm³/mol. The van der Waals surface area contributed by atoms with Crippen molar-refractivity contribution in [3.63, 3.8) is 0 Å². The molecule has 1 aromatic carbocycles. The minimum absolute atomic E-state index is 0.00535. The number of halogens is 4. The second-order valence-electron chi connectivity index (χ2n) is 5.54. The molecule has 0 saturated carbocycles. The zero-order chi connectivity index (χ0) is 17.0. The van der Waals surface area contributed by atoms with Crippen molar-refractivity contribution in [3.8, 4) is 5.75 Å². The highest BCUT2D eigenvalue weighted by Gasteiger charge is 2.44. The van der Waals surface area contributed by atoms with Crippen LogP contribution >= 0.6 is 0 Å². The number of alkyl halides is 4. The van der Waals surface area contributed by atoms with Gasteiger partial charge >= 0.3 is 12.5 Å². The molecule has 1 heterocycles. The molecule has 1 aliphatic heterocycles. The van der Waals surface area contributed by atoms with Crippen molar-refractivity contribution in [2.45, 2.75) is 31.4 Å². The molecule has 1 fully saturated rings. The monoisotopic (exact) mass is 334 g/mol. The van der Waals surface area contributed by atoms with Gasteiger partial charge in [0.1, 0.15) is 5.75 Å². The van der Waals surface area contributed by atoms with Gasteiger partial charge in [-0.05, 0) is 51.2 Å². The van der Waals surface area contributed by atoms with E-state index in [0.717, 1.165) is 38.1 Å². The summed E-state index contributed by atoms with van der Waals surface area (Å²) in [4.78, 5) is 14.3. The van der Waals surface area contributed by atoms with Crippen molar-refractivity contribution < 1.29 is 27.1 Å². The Hall–Kier alpha value is -1.83. The number of carbonyl (C=O) groups is 1. The van der Waals surface area contributed by atoms with Crippen molar-refractivity contribution >= 4 is 5.91 Å². The summed E-state index contributed by atoms with van der Waals surface area (Å²) >= 11 is 0.